The molecule has 0 saturated heterocycles. The molecule has 0 aliphatic heterocycles. The molecule has 1 aromatic heterocycles. The lowest BCUT2D eigenvalue weighted by atomic mass is 9.87. The lowest BCUT2D eigenvalue weighted by molar-refractivity contribution is 0.0937. The van der Waals surface area contributed by atoms with Crippen LogP contribution < -0.4 is 5.32 Å². The molecular weight excluding hydrogens is 462 g/mol. The maximum atomic E-state index is 12.8. The summed E-state index contributed by atoms with van der Waals surface area (Å²) in [6.07, 6.45) is 0. The lowest BCUT2D eigenvalue weighted by Gasteiger charge is -2.20. The van der Waals surface area contributed by atoms with Crippen molar-refractivity contribution in [2.75, 3.05) is 0 Å². The van der Waals surface area contributed by atoms with Gasteiger partial charge in [-0.15, -0.1) is 0 Å². The molecule has 0 bridgehead atoms. The lowest BCUT2D eigenvalue weighted by Crippen LogP contribution is -2.28. The monoisotopic (exact) mass is 489 g/mol. The van der Waals surface area contributed by atoms with E-state index < -0.39 is 0 Å². The number of para-hydroxylation sites is 2. The molecule has 0 saturated carbocycles. The molecule has 5 heteroatoms. The van der Waals surface area contributed by atoms with Gasteiger partial charge in [-0.05, 0) is 53.8 Å². The number of imidazole rings is 1. The van der Waals surface area contributed by atoms with Crippen LogP contribution in [0.3, 0.4) is 0 Å². The molecule has 4 aromatic rings. The average Bonchev–Trinajstić information content (AvgIpc) is 3.12. The Bertz CT molecular complexity index is 1250. The zero-order valence-electron chi connectivity index (χ0n) is 18.9. The van der Waals surface area contributed by atoms with Gasteiger partial charge in [0.1, 0.15) is 5.82 Å². The van der Waals surface area contributed by atoms with Crippen molar-refractivity contribution < 1.29 is 4.79 Å². The summed E-state index contributed by atoms with van der Waals surface area (Å²) < 4.78 is 3.08. The highest BCUT2D eigenvalue weighted by molar-refractivity contribution is 9.10. The number of nitrogens with zero attached hydrogens (tertiary/aromatic N) is 2. The van der Waals surface area contributed by atoms with Crippen LogP contribution in [-0.2, 0) is 12.0 Å². The highest BCUT2D eigenvalue weighted by atomic mass is 79.9. The molecule has 1 heterocycles. The largest absolute Gasteiger partial charge is 0.342 e. The van der Waals surface area contributed by atoms with E-state index in [-0.39, 0.29) is 17.4 Å². The zero-order chi connectivity index (χ0) is 22.9. The summed E-state index contributed by atoms with van der Waals surface area (Å²) in [6, 6.07) is 24.0. The molecule has 0 fully saturated rings. The molecule has 32 heavy (non-hydrogen) atoms. The quantitative estimate of drug-likeness (QED) is 0.341. The van der Waals surface area contributed by atoms with Gasteiger partial charge >= 0.3 is 0 Å². The van der Waals surface area contributed by atoms with Crippen molar-refractivity contribution in [1.82, 2.24) is 14.9 Å². The first-order chi connectivity index (χ1) is 15.2. The number of aromatic nitrogens is 2. The molecule has 1 atom stereocenters. The van der Waals surface area contributed by atoms with E-state index in [1.165, 1.54) is 11.1 Å². The van der Waals surface area contributed by atoms with E-state index >= 15 is 0 Å². The minimum Gasteiger partial charge on any atom is -0.342 e. The number of hydrogen-bond acceptors (Lipinski definition) is 2. The normalized spacial score (nSPS) is 12.7. The summed E-state index contributed by atoms with van der Waals surface area (Å²) in [5.41, 5.74) is 5.24. The molecule has 3 aromatic carbocycles. The van der Waals surface area contributed by atoms with Crippen LogP contribution in [0.1, 0.15) is 61.0 Å². The van der Waals surface area contributed by atoms with Gasteiger partial charge in [0.2, 0.25) is 0 Å². The maximum Gasteiger partial charge on any atom is 0.251 e. The van der Waals surface area contributed by atoms with E-state index in [0.29, 0.717) is 12.1 Å². The van der Waals surface area contributed by atoms with Gasteiger partial charge in [-0.1, -0.05) is 79.2 Å². The van der Waals surface area contributed by atoms with Crippen molar-refractivity contribution in [2.45, 2.75) is 45.7 Å². The minimum absolute atomic E-state index is 0.119. The molecule has 0 aliphatic carbocycles. The molecule has 4 nitrogen and oxygen atoms in total. The maximum absolute atomic E-state index is 12.8. The van der Waals surface area contributed by atoms with Crippen molar-refractivity contribution in [2.24, 2.45) is 0 Å². The minimum atomic E-state index is -0.247. The van der Waals surface area contributed by atoms with Crippen LogP contribution in [-0.4, -0.2) is 15.5 Å². The molecule has 1 N–H and O–H groups in total. The van der Waals surface area contributed by atoms with Gasteiger partial charge in [-0.2, -0.15) is 0 Å². The van der Waals surface area contributed by atoms with Crippen LogP contribution >= 0.6 is 15.9 Å². The average molecular weight is 490 g/mol. The molecule has 1 amide bonds. The van der Waals surface area contributed by atoms with Crippen LogP contribution in [0.25, 0.3) is 11.0 Å². The summed E-state index contributed by atoms with van der Waals surface area (Å²) in [6.45, 7) is 9.34. The van der Waals surface area contributed by atoms with Gasteiger partial charge < -0.3 is 9.88 Å². The van der Waals surface area contributed by atoms with Crippen molar-refractivity contribution >= 4 is 32.9 Å². The Morgan fingerprint density at radius 2 is 1.75 bits per heavy atom. The van der Waals surface area contributed by atoms with Gasteiger partial charge in [-0.3, -0.25) is 4.79 Å². The summed E-state index contributed by atoms with van der Waals surface area (Å²) in [5, 5.41) is 3.11. The standard InChI is InChI=1S/C27H28BrN3O/c1-18(29-26(32)20-8-7-9-22(28)16-20)25-30-23-10-5-6-11-24(23)31(25)17-19-12-14-21(15-13-19)27(2,3)4/h5-16,18H,17H2,1-4H3,(H,29,32). The van der Waals surface area contributed by atoms with E-state index in [4.69, 9.17) is 4.98 Å². The van der Waals surface area contributed by atoms with Crippen molar-refractivity contribution in [3.63, 3.8) is 0 Å². The summed E-state index contributed by atoms with van der Waals surface area (Å²) in [7, 11) is 0. The fraction of sp³-hybridized carbons (Fsp3) is 0.259. The van der Waals surface area contributed by atoms with E-state index in [2.05, 4.69) is 76.9 Å². The van der Waals surface area contributed by atoms with Crippen molar-refractivity contribution in [3.8, 4) is 0 Å². The Morgan fingerprint density at radius 1 is 1.03 bits per heavy atom. The molecule has 164 valence electrons. The third kappa shape index (κ3) is 4.78. The first kappa shape index (κ1) is 22.3. The third-order valence-electron chi connectivity index (χ3n) is 5.67. The van der Waals surface area contributed by atoms with Crippen LogP contribution in [0.5, 0.6) is 0 Å². The molecule has 0 spiro atoms. The van der Waals surface area contributed by atoms with Crippen LogP contribution in [0.2, 0.25) is 0 Å². The third-order valence-corrected chi connectivity index (χ3v) is 6.16. The van der Waals surface area contributed by atoms with E-state index in [1.54, 1.807) is 0 Å². The number of rotatable bonds is 5. The van der Waals surface area contributed by atoms with Gasteiger partial charge in [-0.25, -0.2) is 4.98 Å². The zero-order valence-corrected chi connectivity index (χ0v) is 20.5. The number of hydrogen-bond donors (Lipinski definition) is 1. The smallest absolute Gasteiger partial charge is 0.251 e. The number of amides is 1. The Kier molecular flexibility index (Phi) is 6.20. The van der Waals surface area contributed by atoms with E-state index in [9.17, 15) is 4.79 Å². The van der Waals surface area contributed by atoms with Crippen LogP contribution in [0.4, 0.5) is 0 Å². The summed E-state index contributed by atoms with van der Waals surface area (Å²) >= 11 is 3.43. The summed E-state index contributed by atoms with van der Waals surface area (Å²) in [4.78, 5) is 17.7. The Balaban J connectivity index is 1.65. The second-order valence-corrected chi connectivity index (χ2v) is 10.1. The van der Waals surface area contributed by atoms with E-state index in [0.717, 1.165) is 21.3 Å². The molecule has 4 rings (SSSR count). The van der Waals surface area contributed by atoms with Gasteiger partial charge in [0, 0.05) is 16.6 Å². The number of carbonyl (C=O) groups is 1. The number of benzene rings is 3. The highest BCUT2D eigenvalue weighted by Gasteiger charge is 2.20. The SMILES string of the molecule is CC(NC(=O)c1cccc(Br)c1)c1nc2ccccc2n1Cc1ccc(C(C)(C)C)cc1. The predicted octanol–water partition coefficient (Wildman–Crippen LogP) is 6.64. The van der Waals surface area contributed by atoms with Crippen molar-refractivity contribution in [3.05, 3.63) is 99.8 Å². The topological polar surface area (TPSA) is 46.9 Å². The van der Waals surface area contributed by atoms with E-state index in [1.807, 2.05) is 49.4 Å². The van der Waals surface area contributed by atoms with Crippen molar-refractivity contribution in [1.29, 1.82) is 0 Å². The molecule has 0 aliphatic rings. The fourth-order valence-electron chi connectivity index (χ4n) is 3.86. The van der Waals surface area contributed by atoms with Gasteiger partial charge in [0.25, 0.3) is 5.91 Å². The van der Waals surface area contributed by atoms with Gasteiger partial charge in [0.15, 0.2) is 0 Å². The Labute approximate surface area is 197 Å². The number of carbonyl (C=O) groups excluding carboxylic acids is 1. The second-order valence-electron chi connectivity index (χ2n) is 9.20. The summed E-state index contributed by atoms with van der Waals surface area (Å²) in [5.74, 6) is 0.724. The molecule has 0 radical (unpaired) electrons. The fourth-order valence-corrected chi connectivity index (χ4v) is 4.26. The number of fused-ring (bicyclic) bond motifs is 1. The molecule has 1 unspecified atom stereocenters. The Hall–Kier alpha value is -2.92. The number of halogens is 1. The van der Waals surface area contributed by atoms with Crippen LogP contribution in [0.15, 0.2) is 77.3 Å². The highest BCUT2D eigenvalue weighted by Crippen LogP contribution is 2.25. The first-order valence-corrected chi connectivity index (χ1v) is 11.6. The molecular formula is C27H28BrN3O. The van der Waals surface area contributed by atoms with Crippen LogP contribution in [0, 0.1) is 0 Å². The first-order valence-electron chi connectivity index (χ1n) is 10.8. The Morgan fingerprint density at radius 3 is 2.44 bits per heavy atom. The number of nitrogens with one attached hydrogen (secondary N) is 1. The second kappa shape index (κ2) is 8.91. The predicted molar refractivity (Wildman–Crippen MR) is 134 cm³/mol. The van der Waals surface area contributed by atoms with Gasteiger partial charge in [0.05, 0.1) is 17.1 Å².